The van der Waals surface area contributed by atoms with Crippen molar-refractivity contribution in [2.45, 2.75) is 12.5 Å². The first-order chi connectivity index (χ1) is 10.1. The molecule has 0 heterocycles. The number of hydrogen-bond donors (Lipinski definition) is 2. The zero-order chi connectivity index (χ0) is 15.2. The number of halogens is 2. The average Bonchev–Trinajstić information content (AvgIpc) is 2.47. The van der Waals surface area contributed by atoms with Crippen LogP contribution in [0.15, 0.2) is 53.0 Å². The summed E-state index contributed by atoms with van der Waals surface area (Å²) < 4.78 is 13.4. The Kier molecular flexibility index (Phi) is 5.47. The lowest BCUT2D eigenvalue weighted by molar-refractivity contribution is 0.0915. The van der Waals surface area contributed by atoms with Crippen LogP contribution >= 0.6 is 15.9 Å². The number of amides is 1. The van der Waals surface area contributed by atoms with Crippen LogP contribution in [-0.4, -0.2) is 23.7 Å². The molecule has 21 heavy (non-hydrogen) atoms. The molecule has 0 saturated carbocycles. The predicted octanol–water partition coefficient (Wildman–Crippen LogP) is 2.92. The summed E-state index contributed by atoms with van der Waals surface area (Å²) in [6, 6.07) is 13.1. The maximum absolute atomic E-state index is 13.0. The zero-order valence-electron chi connectivity index (χ0n) is 11.2. The van der Waals surface area contributed by atoms with Crippen molar-refractivity contribution in [2.75, 3.05) is 6.61 Å². The monoisotopic (exact) mass is 351 g/mol. The van der Waals surface area contributed by atoms with Crippen molar-refractivity contribution in [1.29, 1.82) is 0 Å². The highest BCUT2D eigenvalue weighted by atomic mass is 79.9. The summed E-state index contributed by atoms with van der Waals surface area (Å²) >= 11 is 3.16. The van der Waals surface area contributed by atoms with E-state index in [4.69, 9.17) is 0 Å². The van der Waals surface area contributed by atoms with Gasteiger partial charge in [0.15, 0.2) is 0 Å². The van der Waals surface area contributed by atoms with Crippen molar-refractivity contribution >= 4 is 21.8 Å². The predicted molar refractivity (Wildman–Crippen MR) is 82.6 cm³/mol. The molecule has 0 saturated heterocycles. The van der Waals surface area contributed by atoms with Gasteiger partial charge in [0.1, 0.15) is 5.82 Å². The molecule has 1 atom stereocenters. The molecular formula is C16H15BrFNO2. The van der Waals surface area contributed by atoms with Gasteiger partial charge in [0.05, 0.1) is 18.2 Å². The Morgan fingerprint density at radius 1 is 1.24 bits per heavy atom. The molecule has 2 N–H and O–H groups in total. The van der Waals surface area contributed by atoms with Crippen molar-refractivity contribution in [3.8, 4) is 0 Å². The molecule has 2 aromatic rings. The van der Waals surface area contributed by atoms with Crippen LogP contribution in [-0.2, 0) is 6.42 Å². The van der Waals surface area contributed by atoms with E-state index < -0.39 is 11.9 Å². The second kappa shape index (κ2) is 7.33. The molecule has 3 nitrogen and oxygen atoms in total. The molecule has 0 unspecified atom stereocenters. The Hall–Kier alpha value is -1.72. The van der Waals surface area contributed by atoms with Crippen LogP contribution < -0.4 is 5.32 Å². The van der Waals surface area contributed by atoms with Crippen molar-refractivity contribution in [3.05, 3.63) is 69.9 Å². The lowest BCUT2D eigenvalue weighted by atomic mass is 10.1. The fourth-order valence-electron chi connectivity index (χ4n) is 2.00. The minimum absolute atomic E-state index is 0.167. The summed E-state index contributed by atoms with van der Waals surface area (Å²) in [6.07, 6.45) is 0.530. The highest BCUT2D eigenvalue weighted by Crippen LogP contribution is 2.18. The normalized spacial score (nSPS) is 12.0. The number of aliphatic hydroxyl groups excluding tert-OH is 1. The number of rotatable bonds is 5. The molecule has 0 aliphatic carbocycles. The van der Waals surface area contributed by atoms with E-state index >= 15 is 0 Å². The number of carbonyl (C=O) groups excluding carboxylic acids is 1. The molecule has 0 fully saturated rings. The van der Waals surface area contributed by atoms with Gasteiger partial charge in [0.25, 0.3) is 5.91 Å². The first-order valence-electron chi connectivity index (χ1n) is 6.51. The van der Waals surface area contributed by atoms with Crippen molar-refractivity contribution in [1.82, 2.24) is 5.32 Å². The largest absolute Gasteiger partial charge is 0.394 e. The lowest BCUT2D eigenvalue weighted by Crippen LogP contribution is -2.39. The van der Waals surface area contributed by atoms with Crippen LogP contribution in [0, 0.1) is 5.82 Å². The van der Waals surface area contributed by atoms with E-state index in [0.717, 1.165) is 5.56 Å². The molecule has 5 heteroatoms. The number of carbonyl (C=O) groups is 1. The van der Waals surface area contributed by atoms with E-state index in [1.54, 1.807) is 0 Å². The summed E-state index contributed by atoms with van der Waals surface area (Å²) in [5.74, 6) is -0.765. The van der Waals surface area contributed by atoms with Crippen LogP contribution in [0.2, 0.25) is 0 Å². The number of benzene rings is 2. The number of nitrogens with one attached hydrogen (secondary N) is 1. The first-order valence-corrected chi connectivity index (χ1v) is 7.30. The minimum atomic E-state index is -0.415. The molecule has 0 bridgehead atoms. The van der Waals surface area contributed by atoms with Crippen molar-refractivity contribution in [2.24, 2.45) is 0 Å². The SMILES string of the molecule is O=C(N[C@H](CO)Cc1ccccc1)c1ccc(F)cc1Br. The standard InChI is InChI=1S/C16H15BrFNO2/c17-15-9-12(18)6-7-14(15)16(21)19-13(10-20)8-11-4-2-1-3-5-11/h1-7,9,13,20H,8,10H2,(H,19,21)/t13-/m0/s1. The summed E-state index contributed by atoms with van der Waals surface area (Å²) in [5, 5.41) is 12.2. The maximum atomic E-state index is 13.0. The van der Waals surface area contributed by atoms with E-state index in [1.807, 2.05) is 30.3 Å². The van der Waals surface area contributed by atoms with Gasteiger partial charge >= 0.3 is 0 Å². The molecule has 0 radical (unpaired) electrons. The molecule has 2 rings (SSSR count). The first kappa shape index (κ1) is 15.7. The molecule has 2 aromatic carbocycles. The Labute approximate surface area is 130 Å². The summed E-state index contributed by atoms with van der Waals surface area (Å²) in [5.41, 5.74) is 1.36. The third-order valence-electron chi connectivity index (χ3n) is 3.06. The van der Waals surface area contributed by atoms with Crippen LogP contribution in [0.4, 0.5) is 4.39 Å². The van der Waals surface area contributed by atoms with Crippen molar-refractivity contribution < 1.29 is 14.3 Å². The third kappa shape index (κ3) is 4.37. The van der Waals surface area contributed by atoms with Crippen LogP contribution in [0.3, 0.4) is 0 Å². The van der Waals surface area contributed by atoms with E-state index in [9.17, 15) is 14.3 Å². The van der Waals surface area contributed by atoms with Crippen LogP contribution in [0.25, 0.3) is 0 Å². The van der Waals surface area contributed by atoms with Gasteiger partial charge in [-0.05, 0) is 46.1 Å². The fourth-order valence-corrected chi connectivity index (χ4v) is 2.53. The van der Waals surface area contributed by atoms with Gasteiger partial charge in [-0.1, -0.05) is 30.3 Å². The summed E-state index contributed by atoms with van der Waals surface area (Å²) in [7, 11) is 0. The molecule has 0 aliphatic rings. The number of hydrogen-bond acceptors (Lipinski definition) is 2. The third-order valence-corrected chi connectivity index (χ3v) is 3.71. The van der Waals surface area contributed by atoms with Gasteiger partial charge in [0.2, 0.25) is 0 Å². The number of aliphatic hydroxyl groups is 1. The average molecular weight is 352 g/mol. The van der Waals surface area contributed by atoms with E-state index in [-0.39, 0.29) is 12.5 Å². The molecule has 0 aliphatic heterocycles. The summed E-state index contributed by atoms with van der Waals surface area (Å²) in [6.45, 7) is -0.167. The molecular weight excluding hydrogens is 337 g/mol. The van der Waals surface area contributed by atoms with E-state index in [1.165, 1.54) is 18.2 Å². The molecule has 0 spiro atoms. The molecule has 1 amide bonds. The smallest absolute Gasteiger partial charge is 0.252 e. The Morgan fingerprint density at radius 2 is 1.95 bits per heavy atom. The second-order valence-corrected chi connectivity index (χ2v) is 5.52. The van der Waals surface area contributed by atoms with E-state index in [2.05, 4.69) is 21.2 Å². The van der Waals surface area contributed by atoms with Crippen molar-refractivity contribution in [3.63, 3.8) is 0 Å². The Bertz CT molecular complexity index is 619. The Morgan fingerprint density at radius 3 is 2.57 bits per heavy atom. The molecule has 110 valence electrons. The van der Waals surface area contributed by atoms with Gasteiger partial charge in [-0.25, -0.2) is 4.39 Å². The lowest BCUT2D eigenvalue weighted by Gasteiger charge is -2.17. The Balaban J connectivity index is 2.06. The van der Waals surface area contributed by atoms with Crippen LogP contribution in [0.1, 0.15) is 15.9 Å². The second-order valence-electron chi connectivity index (χ2n) is 4.67. The zero-order valence-corrected chi connectivity index (χ0v) is 12.8. The summed E-state index contributed by atoms with van der Waals surface area (Å²) in [4.78, 5) is 12.2. The van der Waals surface area contributed by atoms with E-state index in [0.29, 0.717) is 16.5 Å². The maximum Gasteiger partial charge on any atom is 0.252 e. The van der Waals surface area contributed by atoms with Gasteiger partial charge in [-0.2, -0.15) is 0 Å². The van der Waals surface area contributed by atoms with Gasteiger partial charge in [0, 0.05) is 4.47 Å². The van der Waals surface area contributed by atoms with Gasteiger partial charge < -0.3 is 10.4 Å². The van der Waals surface area contributed by atoms with Gasteiger partial charge in [-0.3, -0.25) is 4.79 Å². The van der Waals surface area contributed by atoms with Gasteiger partial charge in [-0.15, -0.1) is 0 Å². The highest BCUT2D eigenvalue weighted by Gasteiger charge is 2.16. The van der Waals surface area contributed by atoms with Crippen LogP contribution in [0.5, 0.6) is 0 Å². The fraction of sp³-hybridized carbons (Fsp3) is 0.188. The highest BCUT2D eigenvalue weighted by molar-refractivity contribution is 9.10. The minimum Gasteiger partial charge on any atom is -0.394 e. The topological polar surface area (TPSA) is 49.3 Å². The molecule has 0 aromatic heterocycles. The quantitative estimate of drug-likeness (QED) is 0.869.